The normalized spacial score (nSPS) is 10.9. The molecule has 132 valence electrons. The van der Waals surface area contributed by atoms with Gasteiger partial charge < -0.3 is 15.4 Å². The van der Waals surface area contributed by atoms with E-state index in [2.05, 4.69) is 25.3 Å². The number of aryl methyl sites for hydroxylation is 1. The van der Waals surface area contributed by atoms with E-state index in [0.29, 0.717) is 22.9 Å². The number of carbonyl (C=O) groups excluding carboxylic acids is 2. The maximum absolute atomic E-state index is 12.5. The Morgan fingerprint density at radius 2 is 1.84 bits per heavy atom. The summed E-state index contributed by atoms with van der Waals surface area (Å²) in [4.78, 5) is 32.6. The number of hydrogen-bond acceptors (Lipinski definition) is 6. The molecular formula is C18H22N4O3. The lowest BCUT2D eigenvalue weighted by atomic mass is 10.1. The first-order valence-electron chi connectivity index (χ1n) is 7.81. The van der Waals surface area contributed by atoms with Crippen molar-refractivity contribution in [2.24, 2.45) is 0 Å². The van der Waals surface area contributed by atoms with Gasteiger partial charge >= 0.3 is 5.97 Å². The van der Waals surface area contributed by atoms with Crippen molar-refractivity contribution in [1.82, 2.24) is 9.97 Å². The second-order valence-corrected chi connectivity index (χ2v) is 6.62. The van der Waals surface area contributed by atoms with Crippen molar-refractivity contribution in [1.29, 1.82) is 0 Å². The Balaban J connectivity index is 2.22. The lowest BCUT2D eigenvalue weighted by Crippen LogP contribution is -2.28. The minimum Gasteiger partial charge on any atom is -0.465 e. The maximum atomic E-state index is 12.5. The maximum Gasteiger partial charge on any atom is 0.337 e. The number of aromatic nitrogens is 2. The largest absolute Gasteiger partial charge is 0.465 e. The monoisotopic (exact) mass is 342 g/mol. The van der Waals surface area contributed by atoms with Crippen LogP contribution >= 0.6 is 0 Å². The van der Waals surface area contributed by atoms with Gasteiger partial charge in [0.05, 0.1) is 12.7 Å². The van der Waals surface area contributed by atoms with Gasteiger partial charge in [-0.2, -0.15) is 0 Å². The van der Waals surface area contributed by atoms with Crippen LogP contribution in [0.4, 0.5) is 11.6 Å². The Morgan fingerprint density at radius 3 is 2.48 bits per heavy atom. The molecule has 0 radical (unpaired) electrons. The molecule has 0 unspecified atom stereocenters. The van der Waals surface area contributed by atoms with Crippen molar-refractivity contribution in [3.8, 4) is 0 Å². The summed E-state index contributed by atoms with van der Waals surface area (Å²) in [5.74, 6) is -0.462. The summed E-state index contributed by atoms with van der Waals surface area (Å²) in [7, 11) is 1.31. The first-order chi connectivity index (χ1) is 11.7. The van der Waals surface area contributed by atoms with Gasteiger partial charge in [-0.3, -0.25) is 4.79 Å². The number of rotatable bonds is 4. The van der Waals surface area contributed by atoms with E-state index in [4.69, 9.17) is 0 Å². The number of esters is 1. The number of hydrogen-bond donors (Lipinski definition) is 2. The van der Waals surface area contributed by atoms with Crippen LogP contribution in [-0.2, 0) is 4.74 Å². The van der Waals surface area contributed by atoms with Crippen LogP contribution in [0.3, 0.4) is 0 Å². The van der Waals surface area contributed by atoms with Crippen molar-refractivity contribution < 1.29 is 14.3 Å². The van der Waals surface area contributed by atoms with E-state index in [-0.39, 0.29) is 17.1 Å². The summed E-state index contributed by atoms with van der Waals surface area (Å²) in [6.07, 6.45) is 0. The van der Waals surface area contributed by atoms with Crippen molar-refractivity contribution in [2.75, 3.05) is 17.7 Å². The van der Waals surface area contributed by atoms with E-state index in [1.165, 1.54) is 7.11 Å². The van der Waals surface area contributed by atoms with Gasteiger partial charge in [0.25, 0.3) is 5.91 Å². The highest BCUT2D eigenvalue weighted by Gasteiger charge is 2.16. The van der Waals surface area contributed by atoms with Gasteiger partial charge in [0.2, 0.25) is 5.95 Å². The SMILES string of the molecule is COC(=O)c1cccc(NC(=O)c2cc(C)nc(NC(C)(C)C)n2)c1. The van der Waals surface area contributed by atoms with E-state index in [1.54, 1.807) is 37.3 Å². The summed E-state index contributed by atoms with van der Waals surface area (Å²) in [6, 6.07) is 8.12. The Kier molecular flexibility index (Phi) is 5.36. The zero-order valence-corrected chi connectivity index (χ0v) is 15.0. The van der Waals surface area contributed by atoms with Gasteiger partial charge in [0, 0.05) is 16.9 Å². The van der Waals surface area contributed by atoms with Crippen LogP contribution in [0.1, 0.15) is 47.3 Å². The smallest absolute Gasteiger partial charge is 0.337 e. The predicted molar refractivity (Wildman–Crippen MR) is 95.9 cm³/mol. The molecule has 2 rings (SSSR count). The third kappa shape index (κ3) is 5.27. The molecule has 1 amide bonds. The minimum absolute atomic E-state index is 0.226. The molecule has 0 bridgehead atoms. The topological polar surface area (TPSA) is 93.2 Å². The highest BCUT2D eigenvalue weighted by molar-refractivity contribution is 6.03. The average molecular weight is 342 g/mol. The molecule has 0 aliphatic carbocycles. The number of nitrogens with zero attached hydrogens (tertiary/aromatic N) is 2. The van der Waals surface area contributed by atoms with Crippen LogP contribution < -0.4 is 10.6 Å². The van der Waals surface area contributed by atoms with E-state index in [0.717, 1.165) is 0 Å². The summed E-state index contributed by atoms with van der Waals surface area (Å²) in [5, 5.41) is 5.88. The third-order valence-corrected chi connectivity index (χ3v) is 3.12. The summed E-state index contributed by atoms with van der Waals surface area (Å²) < 4.78 is 4.68. The molecular weight excluding hydrogens is 320 g/mol. The van der Waals surface area contributed by atoms with Crippen molar-refractivity contribution in [3.05, 3.63) is 47.3 Å². The molecule has 2 aromatic rings. The van der Waals surface area contributed by atoms with E-state index < -0.39 is 5.97 Å². The fraction of sp³-hybridized carbons (Fsp3) is 0.333. The van der Waals surface area contributed by atoms with Crippen LogP contribution in [0.2, 0.25) is 0 Å². The standard InChI is InChI=1S/C18H22N4O3/c1-11-9-14(21-17(19-11)22-18(2,3)4)15(23)20-13-8-6-7-12(10-13)16(24)25-5/h6-10H,1-5H3,(H,20,23)(H,19,21,22). The zero-order valence-electron chi connectivity index (χ0n) is 15.0. The molecule has 1 heterocycles. The molecule has 0 fully saturated rings. The molecule has 1 aromatic carbocycles. The lowest BCUT2D eigenvalue weighted by molar-refractivity contribution is 0.0600. The highest BCUT2D eigenvalue weighted by Crippen LogP contribution is 2.15. The Hall–Kier alpha value is -2.96. The van der Waals surface area contributed by atoms with Gasteiger partial charge in [-0.25, -0.2) is 14.8 Å². The van der Waals surface area contributed by atoms with E-state index in [1.807, 2.05) is 20.8 Å². The zero-order chi connectivity index (χ0) is 18.6. The summed E-state index contributed by atoms with van der Waals surface area (Å²) in [5.41, 5.74) is 1.53. The molecule has 0 atom stereocenters. The van der Waals surface area contributed by atoms with Crippen LogP contribution in [0.25, 0.3) is 0 Å². The Morgan fingerprint density at radius 1 is 1.12 bits per heavy atom. The summed E-state index contributed by atoms with van der Waals surface area (Å²) in [6.45, 7) is 7.74. The van der Waals surface area contributed by atoms with Crippen molar-refractivity contribution in [3.63, 3.8) is 0 Å². The van der Waals surface area contributed by atoms with Gasteiger partial charge in [0.15, 0.2) is 0 Å². The average Bonchev–Trinajstić information content (AvgIpc) is 2.52. The highest BCUT2D eigenvalue weighted by atomic mass is 16.5. The molecule has 0 saturated heterocycles. The fourth-order valence-corrected chi connectivity index (χ4v) is 2.11. The van der Waals surface area contributed by atoms with Gasteiger partial charge in [-0.15, -0.1) is 0 Å². The number of carbonyl (C=O) groups is 2. The minimum atomic E-state index is -0.467. The van der Waals surface area contributed by atoms with Crippen LogP contribution in [0.5, 0.6) is 0 Å². The predicted octanol–water partition coefficient (Wildman–Crippen LogP) is 3.03. The van der Waals surface area contributed by atoms with Gasteiger partial charge in [0.1, 0.15) is 5.69 Å². The molecule has 1 aromatic heterocycles. The Labute approximate surface area is 146 Å². The molecule has 0 spiro atoms. The quantitative estimate of drug-likeness (QED) is 0.830. The van der Waals surface area contributed by atoms with Gasteiger partial charge in [-0.1, -0.05) is 6.07 Å². The first kappa shape index (κ1) is 18.4. The Bertz CT molecular complexity index is 797. The second kappa shape index (κ2) is 7.29. The van der Waals surface area contributed by atoms with Crippen molar-refractivity contribution in [2.45, 2.75) is 33.2 Å². The molecule has 7 heteroatoms. The summed E-state index contributed by atoms with van der Waals surface area (Å²) >= 11 is 0. The molecule has 7 nitrogen and oxygen atoms in total. The lowest BCUT2D eigenvalue weighted by Gasteiger charge is -2.20. The number of amides is 1. The third-order valence-electron chi connectivity index (χ3n) is 3.12. The van der Waals surface area contributed by atoms with E-state index >= 15 is 0 Å². The second-order valence-electron chi connectivity index (χ2n) is 6.62. The van der Waals surface area contributed by atoms with Crippen LogP contribution in [-0.4, -0.2) is 34.5 Å². The number of methoxy groups -OCH3 is 1. The van der Waals surface area contributed by atoms with Crippen LogP contribution in [0.15, 0.2) is 30.3 Å². The number of ether oxygens (including phenoxy) is 1. The number of anilines is 2. The fourth-order valence-electron chi connectivity index (χ4n) is 2.11. The number of benzene rings is 1. The molecule has 0 saturated carbocycles. The number of nitrogens with one attached hydrogen (secondary N) is 2. The molecule has 2 N–H and O–H groups in total. The van der Waals surface area contributed by atoms with Crippen LogP contribution in [0, 0.1) is 6.92 Å². The molecule has 25 heavy (non-hydrogen) atoms. The first-order valence-corrected chi connectivity index (χ1v) is 7.81. The van der Waals surface area contributed by atoms with Gasteiger partial charge in [-0.05, 0) is 52.0 Å². The van der Waals surface area contributed by atoms with E-state index in [9.17, 15) is 9.59 Å². The molecule has 0 aliphatic heterocycles. The van der Waals surface area contributed by atoms with Crippen molar-refractivity contribution >= 4 is 23.5 Å². The molecule has 0 aliphatic rings.